The van der Waals surface area contributed by atoms with Gasteiger partial charge in [0.15, 0.2) is 19.9 Å². The smallest absolute Gasteiger partial charge is 0.201 e. The van der Waals surface area contributed by atoms with Crippen molar-refractivity contribution in [3.8, 4) is 5.75 Å². The SMILES string of the molecule is CC(C)(C)[Si](C)(C)OCCOc1c(Br)ccc(F)c1F. The molecular formula is C14H21BrF2O2Si. The van der Waals surface area contributed by atoms with Crippen molar-refractivity contribution in [1.82, 2.24) is 0 Å². The zero-order valence-corrected chi connectivity index (χ0v) is 15.1. The van der Waals surface area contributed by atoms with Gasteiger partial charge in [-0.15, -0.1) is 0 Å². The lowest BCUT2D eigenvalue weighted by molar-refractivity contribution is 0.196. The van der Waals surface area contributed by atoms with E-state index < -0.39 is 20.0 Å². The zero-order valence-electron chi connectivity index (χ0n) is 12.5. The van der Waals surface area contributed by atoms with E-state index in [2.05, 4.69) is 49.8 Å². The molecule has 114 valence electrons. The summed E-state index contributed by atoms with van der Waals surface area (Å²) in [4.78, 5) is 0. The van der Waals surface area contributed by atoms with Gasteiger partial charge in [0.1, 0.15) is 6.61 Å². The lowest BCUT2D eigenvalue weighted by atomic mass is 10.2. The van der Waals surface area contributed by atoms with Crippen molar-refractivity contribution in [2.75, 3.05) is 13.2 Å². The predicted octanol–water partition coefficient (Wildman–Crippen LogP) is 5.13. The molecule has 0 unspecified atom stereocenters. The van der Waals surface area contributed by atoms with Gasteiger partial charge in [-0.3, -0.25) is 0 Å². The topological polar surface area (TPSA) is 18.5 Å². The van der Waals surface area contributed by atoms with Gasteiger partial charge in [0.2, 0.25) is 5.82 Å². The zero-order chi connectivity index (χ0) is 15.6. The molecule has 0 spiro atoms. The monoisotopic (exact) mass is 366 g/mol. The lowest BCUT2D eigenvalue weighted by Gasteiger charge is -2.36. The second-order valence-corrected chi connectivity index (χ2v) is 11.8. The fourth-order valence-electron chi connectivity index (χ4n) is 1.30. The van der Waals surface area contributed by atoms with Gasteiger partial charge in [0, 0.05) is 0 Å². The highest BCUT2D eigenvalue weighted by Crippen LogP contribution is 2.36. The summed E-state index contributed by atoms with van der Waals surface area (Å²) in [5.41, 5.74) is 0. The van der Waals surface area contributed by atoms with Crippen molar-refractivity contribution in [2.45, 2.75) is 38.9 Å². The molecule has 0 radical (unpaired) electrons. The Kier molecular flexibility index (Phi) is 5.75. The molecule has 1 aromatic rings. The number of ether oxygens (including phenoxy) is 1. The van der Waals surface area contributed by atoms with Crippen LogP contribution >= 0.6 is 15.9 Å². The molecule has 0 fully saturated rings. The number of hydrogen-bond donors (Lipinski definition) is 0. The van der Waals surface area contributed by atoms with Crippen LogP contribution in [-0.4, -0.2) is 21.5 Å². The summed E-state index contributed by atoms with van der Waals surface area (Å²) in [6.45, 7) is 11.2. The third-order valence-corrected chi connectivity index (χ3v) is 8.76. The first-order chi connectivity index (χ1) is 9.06. The van der Waals surface area contributed by atoms with E-state index in [4.69, 9.17) is 9.16 Å². The summed E-state index contributed by atoms with van der Waals surface area (Å²) in [7, 11) is -1.84. The molecule has 0 aromatic heterocycles. The minimum atomic E-state index is -1.84. The third kappa shape index (κ3) is 4.26. The quantitative estimate of drug-likeness (QED) is 0.408. The van der Waals surface area contributed by atoms with Crippen LogP contribution in [0.4, 0.5) is 8.78 Å². The van der Waals surface area contributed by atoms with Gasteiger partial charge < -0.3 is 9.16 Å². The Morgan fingerprint density at radius 2 is 1.75 bits per heavy atom. The third-order valence-electron chi connectivity index (χ3n) is 3.60. The standard InChI is InChI=1S/C14H21BrF2O2Si/c1-14(2,3)20(4,5)19-9-8-18-13-10(15)6-7-11(16)12(13)17/h6-7H,8-9H2,1-5H3. The van der Waals surface area contributed by atoms with Crippen LogP contribution in [0.15, 0.2) is 16.6 Å². The molecule has 0 heterocycles. The highest BCUT2D eigenvalue weighted by molar-refractivity contribution is 9.10. The summed E-state index contributed by atoms with van der Waals surface area (Å²) in [6.07, 6.45) is 0. The van der Waals surface area contributed by atoms with Crippen LogP contribution in [0.1, 0.15) is 20.8 Å². The molecule has 20 heavy (non-hydrogen) atoms. The Hall–Kier alpha value is -0.463. The molecule has 0 saturated carbocycles. The van der Waals surface area contributed by atoms with Crippen molar-refractivity contribution in [3.63, 3.8) is 0 Å². The van der Waals surface area contributed by atoms with E-state index in [-0.39, 0.29) is 17.4 Å². The minimum absolute atomic E-state index is 0.108. The van der Waals surface area contributed by atoms with Crippen LogP contribution in [0.2, 0.25) is 18.1 Å². The molecule has 1 rings (SSSR count). The van der Waals surface area contributed by atoms with Crippen molar-refractivity contribution in [1.29, 1.82) is 0 Å². The van der Waals surface area contributed by atoms with Crippen LogP contribution in [0.5, 0.6) is 5.75 Å². The van der Waals surface area contributed by atoms with E-state index in [0.717, 1.165) is 6.07 Å². The van der Waals surface area contributed by atoms with E-state index in [1.807, 2.05) is 0 Å². The molecule has 0 aliphatic carbocycles. The average Bonchev–Trinajstić information content (AvgIpc) is 2.31. The normalized spacial score (nSPS) is 12.6. The molecule has 0 N–H and O–H groups in total. The number of halogens is 3. The fourth-order valence-corrected chi connectivity index (χ4v) is 2.75. The van der Waals surface area contributed by atoms with Gasteiger partial charge in [0.25, 0.3) is 0 Å². The summed E-state index contributed by atoms with van der Waals surface area (Å²) in [5.74, 6) is -2.01. The van der Waals surface area contributed by atoms with Crippen LogP contribution in [0.25, 0.3) is 0 Å². The number of benzene rings is 1. The molecular weight excluding hydrogens is 346 g/mol. The van der Waals surface area contributed by atoms with Gasteiger partial charge >= 0.3 is 0 Å². The highest BCUT2D eigenvalue weighted by atomic mass is 79.9. The van der Waals surface area contributed by atoms with Gasteiger partial charge in [-0.05, 0) is 46.2 Å². The van der Waals surface area contributed by atoms with Gasteiger partial charge in [-0.2, -0.15) is 4.39 Å². The Labute approximate surface area is 128 Å². The van der Waals surface area contributed by atoms with Crippen LogP contribution < -0.4 is 4.74 Å². The van der Waals surface area contributed by atoms with Crippen molar-refractivity contribution in [3.05, 3.63) is 28.2 Å². The van der Waals surface area contributed by atoms with Gasteiger partial charge in [-0.1, -0.05) is 20.8 Å². The summed E-state index contributed by atoms with van der Waals surface area (Å²) in [6, 6.07) is 2.47. The summed E-state index contributed by atoms with van der Waals surface area (Å²) in [5, 5.41) is 0.109. The molecule has 0 amide bonds. The molecule has 0 atom stereocenters. The summed E-state index contributed by atoms with van der Waals surface area (Å²) >= 11 is 3.14. The van der Waals surface area contributed by atoms with Gasteiger partial charge in [-0.25, -0.2) is 4.39 Å². The second-order valence-electron chi connectivity index (χ2n) is 6.13. The van der Waals surface area contributed by atoms with Gasteiger partial charge in [0.05, 0.1) is 11.1 Å². The molecule has 6 heteroatoms. The highest BCUT2D eigenvalue weighted by Gasteiger charge is 2.36. The Balaban J connectivity index is 2.57. The van der Waals surface area contributed by atoms with Crippen LogP contribution in [0, 0.1) is 11.6 Å². The van der Waals surface area contributed by atoms with Crippen molar-refractivity contribution in [2.24, 2.45) is 0 Å². The Morgan fingerprint density at radius 1 is 1.15 bits per heavy atom. The Bertz CT molecular complexity index is 473. The molecule has 2 nitrogen and oxygen atoms in total. The maximum absolute atomic E-state index is 13.6. The van der Waals surface area contributed by atoms with E-state index >= 15 is 0 Å². The van der Waals surface area contributed by atoms with Crippen LogP contribution in [-0.2, 0) is 4.43 Å². The first-order valence-corrected chi connectivity index (χ1v) is 10.2. The molecule has 0 saturated heterocycles. The number of hydrogen-bond acceptors (Lipinski definition) is 2. The molecule has 1 aromatic carbocycles. The predicted molar refractivity (Wildman–Crippen MR) is 82.7 cm³/mol. The van der Waals surface area contributed by atoms with E-state index in [1.165, 1.54) is 6.07 Å². The largest absolute Gasteiger partial charge is 0.487 e. The van der Waals surface area contributed by atoms with E-state index in [1.54, 1.807) is 0 Å². The number of rotatable bonds is 5. The van der Waals surface area contributed by atoms with Crippen molar-refractivity contribution < 1.29 is 17.9 Å². The first-order valence-electron chi connectivity index (χ1n) is 6.46. The van der Waals surface area contributed by atoms with Crippen LogP contribution in [0.3, 0.4) is 0 Å². The Morgan fingerprint density at radius 3 is 2.30 bits per heavy atom. The first kappa shape index (κ1) is 17.6. The van der Waals surface area contributed by atoms with E-state index in [0.29, 0.717) is 11.1 Å². The maximum atomic E-state index is 13.6. The molecule has 0 bridgehead atoms. The fraction of sp³-hybridized carbons (Fsp3) is 0.571. The van der Waals surface area contributed by atoms with E-state index in [9.17, 15) is 8.78 Å². The van der Waals surface area contributed by atoms with Crippen molar-refractivity contribution >= 4 is 24.2 Å². The lowest BCUT2D eigenvalue weighted by Crippen LogP contribution is -2.41. The average molecular weight is 367 g/mol. The molecule has 0 aliphatic heterocycles. The second kappa shape index (κ2) is 6.53. The molecule has 0 aliphatic rings. The summed E-state index contributed by atoms with van der Waals surface area (Å²) < 4.78 is 38.3. The minimum Gasteiger partial charge on any atom is -0.487 e. The maximum Gasteiger partial charge on any atom is 0.201 e.